The van der Waals surface area contributed by atoms with Crippen molar-refractivity contribution in [3.05, 3.63) is 42.4 Å². The van der Waals surface area contributed by atoms with Crippen LogP contribution < -0.4 is 0 Å². The van der Waals surface area contributed by atoms with Gasteiger partial charge in [-0.25, -0.2) is 9.67 Å². The lowest BCUT2D eigenvalue weighted by molar-refractivity contribution is 0.0651. The second-order valence-electron chi connectivity index (χ2n) is 4.83. The van der Waals surface area contributed by atoms with E-state index in [1.54, 1.807) is 29.3 Å². The maximum absolute atomic E-state index is 12.5. The Kier molecular flexibility index (Phi) is 3.03. The summed E-state index contributed by atoms with van der Waals surface area (Å²) >= 11 is 0. The van der Waals surface area contributed by atoms with Gasteiger partial charge in [0, 0.05) is 31.7 Å². The number of amides is 1. The average Bonchev–Trinajstić information content (AvgIpc) is 2.89. The Balaban J connectivity index is 1.94. The monoisotopic (exact) mass is 256 g/mol. The summed E-state index contributed by atoms with van der Waals surface area (Å²) in [6, 6.07) is 5.78. The Morgan fingerprint density at radius 3 is 2.84 bits per heavy atom. The molecular weight excluding hydrogens is 240 g/mol. The van der Waals surface area contributed by atoms with Gasteiger partial charge in [0.2, 0.25) is 0 Å². The van der Waals surface area contributed by atoms with Gasteiger partial charge in [0.25, 0.3) is 5.91 Å². The van der Waals surface area contributed by atoms with Crippen LogP contribution in [0.2, 0.25) is 0 Å². The number of aromatic nitrogens is 3. The zero-order valence-electron chi connectivity index (χ0n) is 10.9. The molecule has 5 nitrogen and oxygen atoms in total. The average molecular weight is 256 g/mol. The Labute approximate surface area is 111 Å². The molecule has 1 fully saturated rings. The molecule has 2 aromatic heterocycles. The van der Waals surface area contributed by atoms with E-state index in [1.165, 1.54) is 6.42 Å². The molecule has 0 atom stereocenters. The van der Waals surface area contributed by atoms with E-state index in [0.29, 0.717) is 17.4 Å². The molecule has 0 aromatic carbocycles. The first-order valence-electron chi connectivity index (χ1n) is 6.49. The fraction of sp³-hybridized carbons (Fsp3) is 0.357. The molecule has 5 heteroatoms. The van der Waals surface area contributed by atoms with Gasteiger partial charge in [0.15, 0.2) is 5.82 Å². The van der Waals surface area contributed by atoms with Crippen molar-refractivity contribution in [3.63, 3.8) is 0 Å². The third kappa shape index (κ3) is 2.12. The van der Waals surface area contributed by atoms with Crippen molar-refractivity contribution < 1.29 is 4.79 Å². The smallest absolute Gasteiger partial charge is 0.257 e. The number of hydrogen-bond acceptors (Lipinski definition) is 3. The number of hydrogen-bond donors (Lipinski definition) is 0. The maximum atomic E-state index is 12.5. The van der Waals surface area contributed by atoms with Crippen LogP contribution in [0.3, 0.4) is 0 Å². The zero-order chi connectivity index (χ0) is 13.2. The number of pyridine rings is 1. The molecule has 0 bridgehead atoms. The van der Waals surface area contributed by atoms with Gasteiger partial charge in [-0.2, -0.15) is 5.10 Å². The third-order valence-corrected chi connectivity index (χ3v) is 3.68. The van der Waals surface area contributed by atoms with E-state index in [1.807, 2.05) is 24.1 Å². The van der Waals surface area contributed by atoms with Gasteiger partial charge in [-0.1, -0.05) is 0 Å². The Bertz CT molecular complexity index is 575. The van der Waals surface area contributed by atoms with Crippen molar-refractivity contribution in [2.45, 2.75) is 25.3 Å². The molecule has 0 spiro atoms. The summed E-state index contributed by atoms with van der Waals surface area (Å²) in [5.41, 5.74) is 0.598. The van der Waals surface area contributed by atoms with Crippen LogP contribution >= 0.6 is 0 Å². The number of carbonyl (C=O) groups excluding carboxylic acids is 1. The van der Waals surface area contributed by atoms with Gasteiger partial charge in [-0.3, -0.25) is 4.79 Å². The molecule has 0 saturated heterocycles. The number of carbonyl (C=O) groups is 1. The lowest BCUT2D eigenvalue weighted by Gasteiger charge is -2.34. The molecule has 1 amide bonds. The van der Waals surface area contributed by atoms with Gasteiger partial charge >= 0.3 is 0 Å². The van der Waals surface area contributed by atoms with Crippen molar-refractivity contribution in [1.82, 2.24) is 19.7 Å². The molecule has 0 N–H and O–H groups in total. The summed E-state index contributed by atoms with van der Waals surface area (Å²) in [4.78, 5) is 18.6. The minimum absolute atomic E-state index is 0.0169. The van der Waals surface area contributed by atoms with Crippen molar-refractivity contribution in [3.8, 4) is 5.82 Å². The van der Waals surface area contributed by atoms with Gasteiger partial charge in [-0.05, 0) is 37.5 Å². The molecule has 1 aliphatic rings. The molecule has 0 radical (unpaired) electrons. The standard InChI is InChI=1S/C14H16N4O/c1-17(11-5-2-6-11)14(19)12-7-3-8-15-13(12)18-10-4-9-16-18/h3-4,7-11H,2,5-6H2,1H3. The molecule has 1 aliphatic carbocycles. The highest BCUT2D eigenvalue weighted by Gasteiger charge is 2.28. The van der Waals surface area contributed by atoms with E-state index in [-0.39, 0.29) is 5.91 Å². The fourth-order valence-corrected chi connectivity index (χ4v) is 2.27. The molecular formula is C14H16N4O. The maximum Gasteiger partial charge on any atom is 0.257 e. The van der Waals surface area contributed by atoms with Crippen molar-refractivity contribution >= 4 is 5.91 Å². The van der Waals surface area contributed by atoms with Gasteiger partial charge in [0.05, 0.1) is 5.56 Å². The van der Waals surface area contributed by atoms with Crippen molar-refractivity contribution in [2.75, 3.05) is 7.05 Å². The minimum Gasteiger partial charge on any atom is -0.339 e. The predicted octanol–water partition coefficient (Wildman–Crippen LogP) is 1.89. The molecule has 98 valence electrons. The van der Waals surface area contributed by atoms with Crippen molar-refractivity contribution in [2.24, 2.45) is 0 Å². The van der Waals surface area contributed by atoms with E-state index in [9.17, 15) is 4.79 Å². The fourth-order valence-electron chi connectivity index (χ4n) is 2.27. The largest absolute Gasteiger partial charge is 0.339 e. The molecule has 2 aromatic rings. The quantitative estimate of drug-likeness (QED) is 0.842. The third-order valence-electron chi connectivity index (χ3n) is 3.68. The number of rotatable bonds is 3. The Morgan fingerprint density at radius 1 is 1.37 bits per heavy atom. The Hall–Kier alpha value is -2.17. The van der Waals surface area contributed by atoms with Crippen LogP contribution in [0.5, 0.6) is 0 Å². The van der Waals surface area contributed by atoms with Gasteiger partial charge in [-0.15, -0.1) is 0 Å². The molecule has 2 heterocycles. The molecule has 19 heavy (non-hydrogen) atoms. The van der Waals surface area contributed by atoms with Crippen LogP contribution in [-0.2, 0) is 0 Å². The topological polar surface area (TPSA) is 51.0 Å². The van der Waals surface area contributed by atoms with Crippen LogP contribution in [-0.4, -0.2) is 38.7 Å². The van der Waals surface area contributed by atoms with E-state index >= 15 is 0 Å². The second kappa shape index (κ2) is 4.84. The summed E-state index contributed by atoms with van der Waals surface area (Å²) in [7, 11) is 1.87. The number of nitrogens with zero attached hydrogens (tertiary/aromatic N) is 4. The van der Waals surface area contributed by atoms with Gasteiger partial charge < -0.3 is 4.90 Å². The van der Waals surface area contributed by atoms with Crippen LogP contribution in [0, 0.1) is 0 Å². The highest BCUT2D eigenvalue weighted by molar-refractivity contribution is 5.97. The summed E-state index contributed by atoms with van der Waals surface area (Å²) in [6.45, 7) is 0. The summed E-state index contributed by atoms with van der Waals surface area (Å²) < 4.78 is 1.63. The first-order chi connectivity index (χ1) is 9.27. The van der Waals surface area contributed by atoms with Crippen molar-refractivity contribution in [1.29, 1.82) is 0 Å². The molecule has 3 rings (SSSR count). The normalized spacial score (nSPS) is 15.0. The summed E-state index contributed by atoms with van der Waals surface area (Å²) in [6.07, 6.45) is 8.55. The van der Waals surface area contributed by atoms with Crippen LogP contribution in [0.25, 0.3) is 5.82 Å². The lowest BCUT2D eigenvalue weighted by atomic mass is 9.91. The van der Waals surface area contributed by atoms with E-state index < -0.39 is 0 Å². The molecule has 1 saturated carbocycles. The first-order valence-corrected chi connectivity index (χ1v) is 6.49. The summed E-state index contributed by atoms with van der Waals surface area (Å²) in [5, 5.41) is 4.15. The highest BCUT2D eigenvalue weighted by Crippen LogP contribution is 2.25. The van der Waals surface area contributed by atoms with E-state index in [4.69, 9.17) is 0 Å². The Morgan fingerprint density at radius 2 is 2.21 bits per heavy atom. The van der Waals surface area contributed by atoms with Gasteiger partial charge in [0.1, 0.15) is 0 Å². The van der Waals surface area contributed by atoms with Crippen LogP contribution in [0.15, 0.2) is 36.8 Å². The summed E-state index contributed by atoms with van der Waals surface area (Å²) in [5.74, 6) is 0.604. The first kappa shape index (κ1) is 11.9. The zero-order valence-corrected chi connectivity index (χ0v) is 10.9. The lowest BCUT2D eigenvalue weighted by Crippen LogP contribution is -2.41. The van der Waals surface area contributed by atoms with Crippen LogP contribution in [0.4, 0.5) is 0 Å². The molecule has 0 aliphatic heterocycles. The van der Waals surface area contributed by atoms with Crippen LogP contribution in [0.1, 0.15) is 29.6 Å². The second-order valence-corrected chi connectivity index (χ2v) is 4.83. The van der Waals surface area contributed by atoms with E-state index in [2.05, 4.69) is 10.1 Å². The van der Waals surface area contributed by atoms with E-state index in [0.717, 1.165) is 12.8 Å². The SMILES string of the molecule is CN(C(=O)c1cccnc1-n1cccn1)C1CCC1. The predicted molar refractivity (Wildman–Crippen MR) is 71.1 cm³/mol. The highest BCUT2D eigenvalue weighted by atomic mass is 16.2. The minimum atomic E-state index is 0.0169. The molecule has 0 unspecified atom stereocenters.